The lowest BCUT2D eigenvalue weighted by atomic mass is 9.74. The van der Waals surface area contributed by atoms with Gasteiger partial charge in [0, 0.05) is 5.92 Å². The van der Waals surface area contributed by atoms with E-state index in [1.807, 2.05) is 37.3 Å². The summed E-state index contributed by atoms with van der Waals surface area (Å²) in [7, 11) is 0. The number of hydrogen-bond donors (Lipinski definition) is 0. The first-order chi connectivity index (χ1) is 7.18. The highest BCUT2D eigenvalue weighted by Gasteiger charge is 2.34. The minimum atomic E-state index is -0.934. The van der Waals surface area contributed by atoms with E-state index >= 15 is 0 Å². The summed E-state index contributed by atoms with van der Waals surface area (Å²) in [5, 5.41) is 18.2. The zero-order chi connectivity index (χ0) is 11.3. The van der Waals surface area contributed by atoms with Crippen LogP contribution < -0.4 is 0 Å². The molecule has 15 heavy (non-hydrogen) atoms. The molecule has 0 radical (unpaired) electrons. The first kappa shape index (κ1) is 11.3. The van der Waals surface area contributed by atoms with Crippen LogP contribution in [0.25, 0.3) is 0 Å². The van der Waals surface area contributed by atoms with E-state index in [9.17, 15) is 0 Å². The van der Waals surface area contributed by atoms with Crippen LogP contribution in [-0.2, 0) is 0 Å². The fourth-order valence-electron chi connectivity index (χ4n) is 1.84. The molecule has 0 aromatic heterocycles. The SMILES string of the molecule is CCC(c1ccccc1)C(C)(C#N)C#N. The summed E-state index contributed by atoms with van der Waals surface area (Å²) in [6.07, 6.45) is 0.793. The summed E-state index contributed by atoms with van der Waals surface area (Å²) in [6, 6.07) is 14.0. The third-order valence-corrected chi connectivity index (χ3v) is 2.77. The predicted octanol–water partition coefficient (Wildman–Crippen LogP) is 3.23. The van der Waals surface area contributed by atoms with Crippen LogP contribution in [0, 0.1) is 28.1 Å². The smallest absolute Gasteiger partial charge is 0.147 e. The second-order valence-corrected chi connectivity index (χ2v) is 3.80. The minimum Gasteiger partial charge on any atom is -0.197 e. The molecule has 0 aliphatic carbocycles. The lowest BCUT2D eigenvalue weighted by molar-refractivity contribution is 0.437. The average molecular weight is 198 g/mol. The molecule has 0 bridgehead atoms. The number of nitrogens with zero attached hydrogens (tertiary/aromatic N) is 2. The van der Waals surface area contributed by atoms with Gasteiger partial charge < -0.3 is 0 Å². The fraction of sp³-hybridized carbons (Fsp3) is 0.385. The highest BCUT2D eigenvalue weighted by molar-refractivity contribution is 5.29. The molecular formula is C13H14N2. The van der Waals surface area contributed by atoms with Crippen molar-refractivity contribution in [3.8, 4) is 12.1 Å². The van der Waals surface area contributed by atoms with E-state index in [2.05, 4.69) is 12.1 Å². The van der Waals surface area contributed by atoms with E-state index in [0.29, 0.717) is 0 Å². The van der Waals surface area contributed by atoms with Gasteiger partial charge in [0.2, 0.25) is 0 Å². The topological polar surface area (TPSA) is 47.6 Å². The quantitative estimate of drug-likeness (QED) is 0.748. The van der Waals surface area contributed by atoms with Crippen LogP contribution in [0.1, 0.15) is 31.7 Å². The summed E-state index contributed by atoms with van der Waals surface area (Å²) >= 11 is 0. The molecule has 0 amide bonds. The minimum absolute atomic E-state index is 0.0197. The van der Waals surface area contributed by atoms with Crippen molar-refractivity contribution in [2.45, 2.75) is 26.2 Å². The Morgan fingerprint density at radius 2 is 1.73 bits per heavy atom. The van der Waals surface area contributed by atoms with Crippen molar-refractivity contribution in [2.75, 3.05) is 0 Å². The van der Waals surface area contributed by atoms with Crippen molar-refractivity contribution in [1.29, 1.82) is 10.5 Å². The molecule has 0 spiro atoms. The lowest BCUT2D eigenvalue weighted by Gasteiger charge is -2.24. The fourth-order valence-corrected chi connectivity index (χ4v) is 1.84. The Labute approximate surface area is 90.8 Å². The van der Waals surface area contributed by atoms with E-state index < -0.39 is 5.41 Å². The Kier molecular flexibility index (Phi) is 3.47. The normalized spacial score (nSPS) is 12.5. The molecule has 0 aliphatic heterocycles. The van der Waals surface area contributed by atoms with Crippen molar-refractivity contribution >= 4 is 0 Å². The van der Waals surface area contributed by atoms with Gasteiger partial charge in [0.25, 0.3) is 0 Å². The van der Waals surface area contributed by atoms with Crippen LogP contribution in [0.3, 0.4) is 0 Å². The first-order valence-electron chi connectivity index (χ1n) is 5.05. The van der Waals surface area contributed by atoms with Crippen molar-refractivity contribution in [2.24, 2.45) is 5.41 Å². The number of benzene rings is 1. The number of nitriles is 2. The summed E-state index contributed by atoms with van der Waals surface area (Å²) in [5.74, 6) is -0.0197. The second-order valence-electron chi connectivity index (χ2n) is 3.80. The Morgan fingerprint density at radius 1 is 1.20 bits per heavy atom. The lowest BCUT2D eigenvalue weighted by Crippen LogP contribution is -2.21. The first-order valence-corrected chi connectivity index (χ1v) is 5.05. The maximum Gasteiger partial charge on any atom is 0.147 e. The van der Waals surface area contributed by atoms with Gasteiger partial charge in [-0.1, -0.05) is 37.3 Å². The zero-order valence-corrected chi connectivity index (χ0v) is 9.07. The van der Waals surface area contributed by atoms with Gasteiger partial charge in [0.05, 0.1) is 12.1 Å². The monoisotopic (exact) mass is 198 g/mol. The number of hydrogen-bond acceptors (Lipinski definition) is 2. The average Bonchev–Trinajstić information content (AvgIpc) is 2.31. The van der Waals surface area contributed by atoms with Gasteiger partial charge in [-0.15, -0.1) is 0 Å². The predicted molar refractivity (Wildman–Crippen MR) is 58.8 cm³/mol. The van der Waals surface area contributed by atoms with E-state index in [4.69, 9.17) is 10.5 Å². The molecule has 0 saturated carbocycles. The summed E-state index contributed by atoms with van der Waals surface area (Å²) < 4.78 is 0. The molecular weight excluding hydrogens is 184 g/mol. The molecule has 1 aromatic carbocycles. The summed E-state index contributed by atoms with van der Waals surface area (Å²) in [5.41, 5.74) is 0.126. The van der Waals surface area contributed by atoms with Crippen LogP contribution in [0.4, 0.5) is 0 Å². The van der Waals surface area contributed by atoms with Gasteiger partial charge >= 0.3 is 0 Å². The number of rotatable bonds is 3. The van der Waals surface area contributed by atoms with E-state index in [1.165, 1.54) is 0 Å². The molecule has 76 valence electrons. The zero-order valence-electron chi connectivity index (χ0n) is 9.07. The van der Waals surface area contributed by atoms with Crippen LogP contribution in [-0.4, -0.2) is 0 Å². The third kappa shape index (κ3) is 2.17. The summed E-state index contributed by atoms with van der Waals surface area (Å²) in [6.45, 7) is 3.71. The largest absolute Gasteiger partial charge is 0.197 e. The van der Waals surface area contributed by atoms with Crippen molar-refractivity contribution < 1.29 is 0 Å². The highest BCUT2D eigenvalue weighted by Crippen LogP contribution is 2.37. The van der Waals surface area contributed by atoms with Crippen LogP contribution in [0.5, 0.6) is 0 Å². The van der Waals surface area contributed by atoms with E-state index in [-0.39, 0.29) is 5.92 Å². The second kappa shape index (κ2) is 4.62. The standard InChI is InChI=1S/C13H14N2/c1-3-12(13(2,9-14)10-15)11-7-5-4-6-8-11/h4-8,12H,3H2,1-2H3. The third-order valence-electron chi connectivity index (χ3n) is 2.77. The Bertz CT molecular complexity index is 381. The van der Waals surface area contributed by atoms with Gasteiger partial charge in [0.15, 0.2) is 0 Å². The molecule has 0 N–H and O–H groups in total. The summed E-state index contributed by atoms with van der Waals surface area (Å²) in [4.78, 5) is 0. The molecule has 1 atom stereocenters. The molecule has 1 rings (SSSR count). The Balaban J connectivity index is 3.12. The Hall–Kier alpha value is -1.80. The van der Waals surface area contributed by atoms with Crippen molar-refractivity contribution in [3.63, 3.8) is 0 Å². The molecule has 0 aliphatic rings. The molecule has 2 heteroatoms. The maximum atomic E-state index is 9.08. The van der Waals surface area contributed by atoms with Gasteiger partial charge in [-0.3, -0.25) is 0 Å². The molecule has 1 unspecified atom stereocenters. The van der Waals surface area contributed by atoms with Crippen molar-refractivity contribution in [3.05, 3.63) is 35.9 Å². The molecule has 1 aromatic rings. The van der Waals surface area contributed by atoms with Gasteiger partial charge in [-0.25, -0.2) is 0 Å². The highest BCUT2D eigenvalue weighted by atomic mass is 14.4. The van der Waals surface area contributed by atoms with E-state index in [0.717, 1.165) is 12.0 Å². The van der Waals surface area contributed by atoms with Gasteiger partial charge in [-0.05, 0) is 18.9 Å². The van der Waals surface area contributed by atoms with Gasteiger partial charge in [0.1, 0.15) is 5.41 Å². The van der Waals surface area contributed by atoms with Gasteiger partial charge in [-0.2, -0.15) is 10.5 Å². The Morgan fingerprint density at radius 3 is 2.13 bits per heavy atom. The molecule has 0 saturated heterocycles. The van der Waals surface area contributed by atoms with Crippen LogP contribution in [0.15, 0.2) is 30.3 Å². The van der Waals surface area contributed by atoms with E-state index in [1.54, 1.807) is 6.92 Å². The van der Waals surface area contributed by atoms with Crippen molar-refractivity contribution in [1.82, 2.24) is 0 Å². The maximum absolute atomic E-state index is 9.08. The molecule has 2 nitrogen and oxygen atoms in total. The van der Waals surface area contributed by atoms with Crippen LogP contribution in [0.2, 0.25) is 0 Å². The van der Waals surface area contributed by atoms with Crippen LogP contribution >= 0.6 is 0 Å². The molecule has 0 heterocycles. The molecule has 0 fully saturated rings.